The molecule has 4 heterocycles. The minimum absolute atomic E-state index is 0.0156. The van der Waals surface area contributed by atoms with Crippen LogP contribution in [0.1, 0.15) is 46.8 Å². The topological polar surface area (TPSA) is 70.8 Å². The predicted octanol–water partition coefficient (Wildman–Crippen LogP) is 2.90. The molecule has 2 aliphatic rings. The highest BCUT2D eigenvalue weighted by molar-refractivity contribution is 7.12. The van der Waals surface area contributed by atoms with E-state index in [9.17, 15) is 18.3 Å². The van der Waals surface area contributed by atoms with Crippen molar-refractivity contribution in [2.75, 3.05) is 19.8 Å². The van der Waals surface area contributed by atoms with Gasteiger partial charge in [-0.1, -0.05) is 0 Å². The van der Waals surface area contributed by atoms with Gasteiger partial charge in [-0.25, -0.2) is 0 Å². The first kappa shape index (κ1) is 20.8. The van der Waals surface area contributed by atoms with Crippen LogP contribution in [-0.2, 0) is 29.6 Å². The number of aromatic nitrogens is 2. The molecule has 0 radical (unpaired) electrons. The Bertz CT molecular complexity index is 868. The van der Waals surface area contributed by atoms with Crippen LogP contribution < -0.4 is 0 Å². The molecule has 29 heavy (non-hydrogen) atoms. The van der Waals surface area contributed by atoms with Gasteiger partial charge >= 0.3 is 6.18 Å². The highest BCUT2D eigenvalue weighted by Crippen LogP contribution is 2.51. The lowest BCUT2D eigenvalue weighted by Gasteiger charge is -2.47. The maximum Gasteiger partial charge on any atom is 0.425 e. The fraction of sp³-hybridized carbons (Fsp3) is 0.632. The Balaban J connectivity index is 1.53. The lowest BCUT2D eigenvalue weighted by Crippen LogP contribution is -2.50. The molecule has 1 saturated heterocycles. The fourth-order valence-corrected chi connectivity index (χ4v) is 5.58. The highest BCUT2D eigenvalue weighted by atomic mass is 32.1. The average molecular weight is 431 g/mol. The SMILES string of the molecule is C[C@H]1C[C@@]2(CCN1Cc1cnn(CCO)c1)OC[C@@H](O)c1cc(C(F)(F)F)sc12. The molecular weight excluding hydrogens is 407 g/mol. The first-order valence-electron chi connectivity index (χ1n) is 9.61. The van der Waals surface area contributed by atoms with Gasteiger partial charge in [-0.2, -0.15) is 18.3 Å². The molecule has 2 N–H and O–H groups in total. The molecule has 4 rings (SSSR count). The van der Waals surface area contributed by atoms with E-state index in [4.69, 9.17) is 9.84 Å². The van der Waals surface area contributed by atoms with Gasteiger partial charge in [0, 0.05) is 41.3 Å². The Morgan fingerprint density at radius 3 is 2.90 bits per heavy atom. The molecule has 0 saturated carbocycles. The Morgan fingerprint density at radius 1 is 1.41 bits per heavy atom. The number of ether oxygens (including phenoxy) is 1. The zero-order valence-electron chi connectivity index (χ0n) is 16.0. The van der Waals surface area contributed by atoms with Crippen LogP contribution in [0.5, 0.6) is 0 Å². The van der Waals surface area contributed by atoms with E-state index in [0.29, 0.717) is 54.3 Å². The minimum Gasteiger partial charge on any atom is -0.394 e. The molecule has 1 spiro atoms. The van der Waals surface area contributed by atoms with Crippen molar-refractivity contribution in [3.8, 4) is 0 Å². The van der Waals surface area contributed by atoms with Crippen molar-refractivity contribution in [3.05, 3.63) is 39.3 Å². The monoisotopic (exact) mass is 431 g/mol. The molecule has 2 aliphatic heterocycles. The zero-order valence-corrected chi connectivity index (χ0v) is 16.8. The third kappa shape index (κ3) is 3.96. The Kier molecular flexibility index (Phi) is 5.49. The minimum atomic E-state index is -4.43. The molecule has 10 heteroatoms. The van der Waals surface area contributed by atoms with Crippen molar-refractivity contribution in [1.29, 1.82) is 0 Å². The second kappa shape index (κ2) is 7.66. The van der Waals surface area contributed by atoms with Gasteiger partial charge in [0.05, 0.1) is 26.0 Å². The number of nitrogens with zero attached hydrogens (tertiary/aromatic N) is 3. The lowest BCUT2D eigenvalue weighted by molar-refractivity contribution is -0.139. The summed E-state index contributed by atoms with van der Waals surface area (Å²) < 4.78 is 47.4. The summed E-state index contributed by atoms with van der Waals surface area (Å²) >= 11 is 0.702. The van der Waals surface area contributed by atoms with E-state index in [1.807, 2.05) is 13.1 Å². The molecule has 0 unspecified atom stereocenters. The van der Waals surface area contributed by atoms with Crippen molar-refractivity contribution < 1.29 is 28.1 Å². The summed E-state index contributed by atoms with van der Waals surface area (Å²) in [6.07, 6.45) is -0.645. The number of halogens is 3. The second-order valence-electron chi connectivity index (χ2n) is 7.82. The van der Waals surface area contributed by atoms with Gasteiger partial charge in [0.1, 0.15) is 16.6 Å². The number of aliphatic hydroxyl groups is 2. The van der Waals surface area contributed by atoms with Crippen LogP contribution in [0, 0.1) is 0 Å². The van der Waals surface area contributed by atoms with Gasteiger partial charge in [-0.3, -0.25) is 9.58 Å². The lowest BCUT2D eigenvalue weighted by atomic mass is 9.81. The smallest absolute Gasteiger partial charge is 0.394 e. The Morgan fingerprint density at radius 2 is 2.21 bits per heavy atom. The summed E-state index contributed by atoms with van der Waals surface area (Å²) in [4.78, 5) is 2.10. The number of piperidine rings is 1. The van der Waals surface area contributed by atoms with Crippen molar-refractivity contribution >= 4 is 11.3 Å². The predicted molar refractivity (Wildman–Crippen MR) is 100 cm³/mol. The molecule has 2 aromatic heterocycles. The fourth-order valence-electron chi connectivity index (χ4n) is 4.31. The third-order valence-corrected chi connectivity index (χ3v) is 7.16. The van der Waals surface area contributed by atoms with E-state index in [2.05, 4.69) is 10.00 Å². The van der Waals surface area contributed by atoms with E-state index in [-0.39, 0.29) is 19.3 Å². The van der Waals surface area contributed by atoms with E-state index >= 15 is 0 Å². The van der Waals surface area contributed by atoms with Crippen LogP contribution in [0.3, 0.4) is 0 Å². The molecule has 6 nitrogen and oxygen atoms in total. The maximum absolute atomic E-state index is 13.3. The van der Waals surface area contributed by atoms with Crippen LogP contribution in [-0.4, -0.2) is 50.7 Å². The Hall–Kier alpha value is -1.46. The average Bonchev–Trinajstić information content (AvgIpc) is 3.29. The summed E-state index contributed by atoms with van der Waals surface area (Å²) in [5.41, 5.74) is 0.608. The summed E-state index contributed by atoms with van der Waals surface area (Å²) in [7, 11) is 0. The first-order chi connectivity index (χ1) is 13.7. The zero-order chi connectivity index (χ0) is 20.8. The number of thiophene rings is 1. The number of fused-ring (bicyclic) bond motifs is 2. The summed E-state index contributed by atoms with van der Waals surface area (Å²) in [6, 6.07) is 1.17. The molecule has 0 amide bonds. The first-order valence-corrected chi connectivity index (χ1v) is 10.4. The number of hydrogen-bond donors (Lipinski definition) is 2. The molecule has 1 fully saturated rings. The van der Waals surface area contributed by atoms with Gasteiger partial charge in [-0.15, -0.1) is 11.3 Å². The number of hydrogen-bond acceptors (Lipinski definition) is 6. The van der Waals surface area contributed by atoms with Crippen molar-refractivity contribution in [2.24, 2.45) is 0 Å². The summed E-state index contributed by atoms with van der Waals surface area (Å²) in [5.74, 6) is 0. The van der Waals surface area contributed by atoms with Crippen molar-refractivity contribution in [3.63, 3.8) is 0 Å². The van der Waals surface area contributed by atoms with Gasteiger partial charge in [0.2, 0.25) is 0 Å². The summed E-state index contributed by atoms with van der Waals surface area (Å²) in [5, 5.41) is 23.4. The number of aliphatic hydroxyl groups excluding tert-OH is 2. The van der Waals surface area contributed by atoms with Crippen LogP contribution in [0.15, 0.2) is 18.5 Å². The number of alkyl halides is 3. The normalized spacial score (nSPS) is 28.1. The Labute approximate surface area is 170 Å². The van der Waals surface area contributed by atoms with Crippen LogP contribution in [0.25, 0.3) is 0 Å². The molecule has 3 atom stereocenters. The largest absolute Gasteiger partial charge is 0.425 e. The molecule has 0 bridgehead atoms. The van der Waals surface area contributed by atoms with E-state index < -0.39 is 22.8 Å². The van der Waals surface area contributed by atoms with E-state index in [1.54, 1.807) is 10.9 Å². The molecule has 160 valence electrons. The number of rotatable bonds is 4. The van der Waals surface area contributed by atoms with E-state index in [0.717, 1.165) is 11.6 Å². The maximum atomic E-state index is 13.3. The van der Waals surface area contributed by atoms with Gasteiger partial charge in [-0.05, 0) is 25.8 Å². The van der Waals surface area contributed by atoms with Gasteiger partial charge in [0.25, 0.3) is 0 Å². The van der Waals surface area contributed by atoms with Crippen molar-refractivity contribution in [2.45, 2.75) is 56.8 Å². The molecular formula is C19H24F3N3O3S. The quantitative estimate of drug-likeness (QED) is 0.779. The number of likely N-dealkylation sites (tertiary alicyclic amines) is 1. The third-order valence-electron chi connectivity index (χ3n) is 5.78. The molecule has 0 aromatic carbocycles. The highest BCUT2D eigenvalue weighted by Gasteiger charge is 2.48. The van der Waals surface area contributed by atoms with Crippen LogP contribution in [0.2, 0.25) is 0 Å². The van der Waals surface area contributed by atoms with Crippen LogP contribution >= 0.6 is 11.3 Å². The van der Waals surface area contributed by atoms with Crippen molar-refractivity contribution in [1.82, 2.24) is 14.7 Å². The molecule has 0 aliphatic carbocycles. The summed E-state index contributed by atoms with van der Waals surface area (Å²) in [6.45, 7) is 3.87. The van der Waals surface area contributed by atoms with Gasteiger partial charge in [0.15, 0.2) is 0 Å². The van der Waals surface area contributed by atoms with Crippen LogP contribution in [0.4, 0.5) is 13.2 Å². The van der Waals surface area contributed by atoms with E-state index in [1.165, 1.54) is 0 Å². The molecule has 2 aromatic rings. The van der Waals surface area contributed by atoms with Gasteiger partial charge < -0.3 is 14.9 Å². The standard InChI is InChI=1S/C19H24F3N3O3S/c1-12-7-18(2-3-24(12)9-13-8-23-25(10-13)4-5-26)17-14(15(27)11-28-18)6-16(29-17)19(20,21)22/h6,8,10,12,15,26-27H,2-5,7,9,11H2,1H3/t12-,15+,18+/m0/s1. The second-order valence-corrected chi connectivity index (χ2v) is 8.88.